The lowest BCUT2D eigenvalue weighted by molar-refractivity contribution is -0.119. The summed E-state index contributed by atoms with van der Waals surface area (Å²) >= 11 is 1.67. The molecule has 124 valence electrons. The number of rotatable bonds is 7. The maximum absolute atomic E-state index is 12.0. The summed E-state index contributed by atoms with van der Waals surface area (Å²) in [6, 6.07) is 0.635. The van der Waals surface area contributed by atoms with Gasteiger partial charge in [0, 0.05) is 16.8 Å². The van der Waals surface area contributed by atoms with E-state index in [-0.39, 0.29) is 11.8 Å². The highest BCUT2D eigenvalue weighted by atomic mass is 32.1. The van der Waals surface area contributed by atoms with Gasteiger partial charge in [-0.2, -0.15) is 0 Å². The quantitative estimate of drug-likeness (QED) is 0.832. The van der Waals surface area contributed by atoms with Crippen LogP contribution in [0.25, 0.3) is 0 Å². The van der Waals surface area contributed by atoms with E-state index in [4.69, 9.17) is 0 Å². The second kappa shape index (κ2) is 8.06. The number of aromatic nitrogens is 1. The average molecular weight is 324 g/mol. The molecule has 0 bridgehead atoms. The number of fused-ring (bicyclic) bond motifs is 1. The molecule has 2 unspecified atom stereocenters. The molecule has 4 nitrogen and oxygen atoms in total. The third kappa shape index (κ3) is 4.07. The van der Waals surface area contributed by atoms with E-state index in [1.54, 1.807) is 11.3 Å². The number of likely N-dealkylation sites (N-methyl/N-ethyl adjacent to an activating group) is 1. The third-order valence-electron chi connectivity index (χ3n) is 4.64. The van der Waals surface area contributed by atoms with Gasteiger partial charge in [0.2, 0.25) is 5.91 Å². The Labute approximate surface area is 138 Å². The summed E-state index contributed by atoms with van der Waals surface area (Å²) in [6.45, 7) is 10.8. The molecule has 1 amide bonds. The highest BCUT2D eigenvalue weighted by Crippen LogP contribution is 2.32. The Hall–Kier alpha value is -0.940. The summed E-state index contributed by atoms with van der Waals surface area (Å²) in [5.74, 6) is 0.139. The Bertz CT molecular complexity index is 500. The third-order valence-corrected chi connectivity index (χ3v) is 5.67. The Kier molecular flexibility index (Phi) is 6.38. The van der Waals surface area contributed by atoms with E-state index in [0.717, 1.165) is 30.9 Å². The van der Waals surface area contributed by atoms with Gasteiger partial charge in [-0.25, -0.2) is 4.98 Å². The maximum atomic E-state index is 12.0. The largest absolute Gasteiger partial charge is 0.302 e. The summed E-state index contributed by atoms with van der Waals surface area (Å²) in [5, 5.41) is 3.77. The van der Waals surface area contributed by atoms with E-state index < -0.39 is 0 Å². The Balaban J connectivity index is 2.02. The number of hydrogen-bond donors (Lipinski definition) is 1. The molecule has 0 spiro atoms. The SMILES string of the molecule is CCCN(CC)C1CCc2nc(NC(=O)C(C)CC)sc2C1. The van der Waals surface area contributed by atoms with Gasteiger partial charge in [0.1, 0.15) is 0 Å². The summed E-state index contributed by atoms with van der Waals surface area (Å²) in [6.07, 6.45) is 5.37. The lowest BCUT2D eigenvalue weighted by Gasteiger charge is -2.32. The predicted molar refractivity (Wildman–Crippen MR) is 93.5 cm³/mol. The number of carbonyl (C=O) groups is 1. The summed E-state index contributed by atoms with van der Waals surface area (Å²) in [4.78, 5) is 20.6. The average Bonchev–Trinajstić information content (AvgIpc) is 2.92. The minimum atomic E-state index is 0.0498. The highest BCUT2D eigenvalue weighted by molar-refractivity contribution is 7.15. The molecule has 2 atom stereocenters. The van der Waals surface area contributed by atoms with E-state index in [1.807, 2.05) is 13.8 Å². The van der Waals surface area contributed by atoms with E-state index in [0.29, 0.717) is 6.04 Å². The number of amides is 1. The van der Waals surface area contributed by atoms with Gasteiger partial charge in [0.05, 0.1) is 5.69 Å². The molecule has 0 fully saturated rings. The number of carbonyl (C=O) groups excluding carboxylic acids is 1. The van der Waals surface area contributed by atoms with Crippen LogP contribution in [0, 0.1) is 5.92 Å². The molecule has 1 aromatic rings. The topological polar surface area (TPSA) is 45.2 Å². The van der Waals surface area contributed by atoms with Gasteiger partial charge >= 0.3 is 0 Å². The zero-order chi connectivity index (χ0) is 16.1. The van der Waals surface area contributed by atoms with E-state index in [9.17, 15) is 4.79 Å². The van der Waals surface area contributed by atoms with Gasteiger partial charge in [-0.1, -0.05) is 27.7 Å². The molecule has 1 aliphatic rings. The van der Waals surface area contributed by atoms with Gasteiger partial charge < -0.3 is 10.2 Å². The molecule has 1 N–H and O–H groups in total. The Morgan fingerprint density at radius 1 is 1.45 bits per heavy atom. The van der Waals surface area contributed by atoms with Crippen LogP contribution in [0.3, 0.4) is 0 Å². The zero-order valence-electron chi connectivity index (χ0n) is 14.3. The Morgan fingerprint density at radius 3 is 2.86 bits per heavy atom. The fourth-order valence-electron chi connectivity index (χ4n) is 3.02. The molecule has 0 saturated carbocycles. The number of aryl methyl sites for hydroxylation is 1. The summed E-state index contributed by atoms with van der Waals surface area (Å²) < 4.78 is 0. The van der Waals surface area contributed by atoms with Crippen molar-refractivity contribution in [3.63, 3.8) is 0 Å². The van der Waals surface area contributed by atoms with Crippen molar-refractivity contribution in [3.05, 3.63) is 10.6 Å². The Morgan fingerprint density at radius 2 is 2.23 bits per heavy atom. The molecule has 1 aromatic heterocycles. The van der Waals surface area contributed by atoms with Crippen LogP contribution in [-0.2, 0) is 17.6 Å². The second-order valence-electron chi connectivity index (χ2n) is 6.21. The van der Waals surface area contributed by atoms with Gasteiger partial charge in [0.15, 0.2) is 5.13 Å². The zero-order valence-corrected chi connectivity index (χ0v) is 15.1. The van der Waals surface area contributed by atoms with Crippen LogP contribution in [0.2, 0.25) is 0 Å². The normalized spacial score (nSPS) is 19.0. The van der Waals surface area contributed by atoms with E-state index in [1.165, 1.54) is 30.0 Å². The van der Waals surface area contributed by atoms with E-state index >= 15 is 0 Å². The molecule has 1 heterocycles. The monoisotopic (exact) mass is 323 g/mol. The first-order chi connectivity index (χ1) is 10.6. The molecule has 22 heavy (non-hydrogen) atoms. The van der Waals surface area contributed by atoms with E-state index in [2.05, 4.69) is 29.0 Å². The van der Waals surface area contributed by atoms with Crippen LogP contribution >= 0.6 is 11.3 Å². The molecule has 1 aliphatic carbocycles. The van der Waals surface area contributed by atoms with Crippen molar-refractivity contribution in [2.24, 2.45) is 5.92 Å². The molecule has 2 rings (SSSR count). The van der Waals surface area contributed by atoms with Crippen molar-refractivity contribution >= 4 is 22.4 Å². The summed E-state index contributed by atoms with van der Waals surface area (Å²) in [5.41, 5.74) is 1.20. The molecule has 0 radical (unpaired) electrons. The van der Waals surface area contributed by atoms with Crippen LogP contribution in [0.4, 0.5) is 5.13 Å². The van der Waals surface area contributed by atoms with Crippen LogP contribution < -0.4 is 5.32 Å². The maximum Gasteiger partial charge on any atom is 0.228 e. The first kappa shape index (κ1) is 17.4. The van der Waals surface area contributed by atoms with Gasteiger partial charge in [-0.3, -0.25) is 4.79 Å². The first-order valence-electron chi connectivity index (χ1n) is 8.62. The molecule has 0 saturated heterocycles. The molecular formula is C17H29N3OS. The minimum absolute atomic E-state index is 0.0498. The van der Waals surface area contributed by atoms with Crippen molar-refractivity contribution in [2.45, 2.75) is 65.8 Å². The van der Waals surface area contributed by atoms with Crippen molar-refractivity contribution < 1.29 is 4.79 Å². The predicted octanol–water partition coefficient (Wildman–Crippen LogP) is 3.72. The number of thiazole rings is 1. The van der Waals surface area contributed by atoms with Gasteiger partial charge in [-0.05, 0) is 45.2 Å². The molecule has 0 aromatic carbocycles. The van der Waals surface area contributed by atoms with Gasteiger partial charge in [0.25, 0.3) is 0 Å². The highest BCUT2D eigenvalue weighted by Gasteiger charge is 2.26. The van der Waals surface area contributed by atoms with Crippen molar-refractivity contribution in [2.75, 3.05) is 18.4 Å². The fourth-order valence-corrected chi connectivity index (χ4v) is 4.10. The van der Waals surface area contributed by atoms with Crippen LogP contribution in [-0.4, -0.2) is 34.9 Å². The standard InChI is InChI=1S/C17H29N3OS/c1-5-10-20(7-3)13-8-9-14-15(11-13)22-17(18-14)19-16(21)12(4)6-2/h12-13H,5-11H2,1-4H3,(H,18,19,21). The summed E-state index contributed by atoms with van der Waals surface area (Å²) in [7, 11) is 0. The van der Waals surface area contributed by atoms with Crippen molar-refractivity contribution in [1.82, 2.24) is 9.88 Å². The van der Waals surface area contributed by atoms with Gasteiger partial charge in [-0.15, -0.1) is 11.3 Å². The van der Waals surface area contributed by atoms with Crippen LogP contribution in [0.15, 0.2) is 0 Å². The number of hydrogen-bond acceptors (Lipinski definition) is 4. The van der Waals surface area contributed by atoms with Crippen LogP contribution in [0.1, 0.15) is 57.5 Å². The molecular weight excluding hydrogens is 294 g/mol. The molecule has 0 aliphatic heterocycles. The number of nitrogens with one attached hydrogen (secondary N) is 1. The second-order valence-corrected chi connectivity index (χ2v) is 7.30. The lowest BCUT2D eigenvalue weighted by Crippen LogP contribution is -2.39. The fraction of sp³-hybridized carbons (Fsp3) is 0.765. The first-order valence-corrected chi connectivity index (χ1v) is 9.44. The minimum Gasteiger partial charge on any atom is -0.302 e. The van der Waals surface area contributed by atoms with Crippen molar-refractivity contribution in [1.29, 1.82) is 0 Å². The van der Waals surface area contributed by atoms with Crippen LogP contribution in [0.5, 0.6) is 0 Å². The number of anilines is 1. The molecule has 5 heteroatoms. The van der Waals surface area contributed by atoms with Crippen molar-refractivity contribution in [3.8, 4) is 0 Å². The smallest absolute Gasteiger partial charge is 0.228 e. The number of nitrogens with zero attached hydrogens (tertiary/aromatic N) is 2. The lowest BCUT2D eigenvalue weighted by atomic mass is 9.96.